The van der Waals surface area contributed by atoms with E-state index in [-0.39, 0.29) is 0 Å². The number of nitrogen functional groups attached to an aromatic ring is 1. The third kappa shape index (κ3) is 4.10. The van der Waals surface area contributed by atoms with E-state index >= 15 is 0 Å². The Labute approximate surface area is 148 Å². The lowest BCUT2D eigenvalue weighted by atomic mass is 10.2. The van der Waals surface area contributed by atoms with E-state index < -0.39 is 0 Å². The first-order valence-corrected chi connectivity index (χ1v) is 9.22. The summed E-state index contributed by atoms with van der Waals surface area (Å²) in [7, 11) is 0. The second-order valence-electron chi connectivity index (χ2n) is 5.01. The predicted molar refractivity (Wildman–Crippen MR) is 96.9 cm³/mol. The van der Waals surface area contributed by atoms with E-state index in [0.717, 1.165) is 17.1 Å². The molecule has 0 aliphatic rings. The molecule has 0 aliphatic carbocycles. The molecule has 0 aliphatic heterocycles. The summed E-state index contributed by atoms with van der Waals surface area (Å²) < 4.78 is 1.53. The monoisotopic (exact) mass is 353 g/mol. The van der Waals surface area contributed by atoms with Crippen molar-refractivity contribution in [3.63, 3.8) is 0 Å². The van der Waals surface area contributed by atoms with E-state index in [1.165, 1.54) is 22.0 Å². The summed E-state index contributed by atoms with van der Waals surface area (Å²) >= 11 is 3.09. The molecule has 3 rings (SSSR count). The van der Waals surface area contributed by atoms with Gasteiger partial charge in [-0.3, -0.25) is 0 Å². The zero-order valence-electron chi connectivity index (χ0n) is 12.8. The van der Waals surface area contributed by atoms with Crippen molar-refractivity contribution in [3.8, 4) is 6.07 Å². The van der Waals surface area contributed by atoms with Crippen molar-refractivity contribution in [1.29, 1.82) is 5.26 Å². The van der Waals surface area contributed by atoms with Gasteiger partial charge in [-0.2, -0.15) is 5.26 Å². The van der Waals surface area contributed by atoms with E-state index in [0.29, 0.717) is 15.9 Å². The van der Waals surface area contributed by atoms with Crippen molar-refractivity contribution in [2.75, 3.05) is 5.84 Å². The lowest BCUT2D eigenvalue weighted by Gasteiger charge is -2.04. The Bertz CT molecular complexity index is 838. The van der Waals surface area contributed by atoms with Crippen LogP contribution in [0.5, 0.6) is 0 Å². The molecule has 0 saturated heterocycles. The molecule has 2 N–H and O–H groups in total. The Morgan fingerprint density at radius 1 is 0.875 bits per heavy atom. The Hall–Kier alpha value is -2.43. The summed E-state index contributed by atoms with van der Waals surface area (Å²) in [5.74, 6) is 7.61. The minimum Gasteiger partial charge on any atom is -0.335 e. The highest BCUT2D eigenvalue weighted by Crippen LogP contribution is 2.25. The van der Waals surface area contributed by atoms with Gasteiger partial charge in [0.1, 0.15) is 0 Å². The number of aromatic nitrogens is 3. The Morgan fingerprint density at radius 3 is 1.96 bits per heavy atom. The number of benzene rings is 2. The molecule has 120 valence electrons. The third-order valence-electron chi connectivity index (χ3n) is 3.29. The van der Waals surface area contributed by atoms with Crippen LogP contribution in [0, 0.1) is 11.3 Å². The maximum atomic E-state index is 8.81. The van der Waals surface area contributed by atoms with Crippen molar-refractivity contribution in [3.05, 3.63) is 71.3 Å². The largest absolute Gasteiger partial charge is 0.335 e. The highest BCUT2D eigenvalue weighted by atomic mass is 32.2. The molecule has 0 unspecified atom stereocenters. The first-order chi connectivity index (χ1) is 11.8. The molecule has 0 saturated carbocycles. The summed E-state index contributed by atoms with van der Waals surface area (Å²) in [6.45, 7) is 0. The fourth-order valence-electron chi connectivity index (χ4n) is 2.01. The quantitative estimate of drug-likeness (QED) is 0.540. The number of hydrogen-bond acceptors (Lipinski definition) is 6. The van der Waals surface area contributed by atoms with E-state index in [1.807, 2.05) is 42.5 Å². The lowest BCUT2D eigenvalue weighted by molar-refractivity contribution is 0.781. The topological polar surface area (TPSA) is 80.5 Å². The molecule has 0 atom stereocenters. The van der Waals surface area contributed by atoms with E-state index in [9.17, 15) is 0 Å². The molecular formula is C17H15N5S2. The van der Waals surface area contributed by atoms with Gasteiger partial charge in [0, 0.05) is 11.5 Å². The van der Waals surface area contributed by atoms with Gasteiger partial charge in [0.15, 0.2) is 0 Å². The number of rotatable bonds is 6. The average molecular weight is 353 g/mol. The molecule has 5 nitrogen and oxygen atoms in total. The Morgan fingerprint density at radius 2 is 1.42 bits per heavy atom. The van der Waals surface area contributed by atoms with Gasteiger partial charge in [-0.25, -0.2) is 4.68 Å². The lowest BCUT2D eigenvalue weighted by Crippen LogP contribution is -2.11. The normalized spacial score (nSPS) is 10.5. The summed E-state index contributed by atoms with van der Waals surface area (Å²) in [6.07, 6.45) is 0. The van der Waals surface area contributed by atoms with E-state index in [4.69, 9.17) is 11.1 Å². The van der Waals surface area contributed by atoms with Crippen molar-refractivity contribution >= 4 is 23.5 Å². The van der Waals surface area contributed by atoms with E-state index in [2.05, 4.69) is 28.4 Å². The fourth-order valence-corrected chi connectivity index (χ4v) is 3.69. The van der Waals surface area contributed by atoms with Crippen LogP contribution in [0.25, 0.3) is 0 Å². The van der Waals surface area contributed by atoms with Gasteiger partial charge < -0.3 is 5.84 Å². The van der Waals surface area contributed by atoms with Gasteiger partial charge in [0.25, 0.3) is 0 Å². The van der Waals surface area contributed by atoms with Crippen molar-refractivity contribution in [2.24, 2.45) is 0 Å². The molecule has 2 aromatic carbocycles. The summed E-state index contributed by atoms with van der Waals surface area (Å²) in [4.78, 5) is 0. The summed E-state index contributed by atoms with van der Waals surface area (Å²) in [5.41, 5.74) is 2.99. The van der Waals surface area contributed by atoms with Gasteiger partial charge in [-0.05, 0) is 23.3 Å². The molecule has 0 fully saturated rings. The maximum Gasteiger partial charge on any atom is 0.210 e. The van der Waals surface area contributed by atoms with Crippen LogP contribution < -0.4 is 5.84 Å². The van der Waals surface area contributed by atoms with Crippen LogP contribution in [0.4, 0.5) is 0 Å². The van der Waals surface area contributed by atoms with Crippen LogP contribution in [0.1, 0.15) is 16.7 Å². The minimum atomic E-state index is 0.658. The van der Waals surface area contributed by atoms with Gasteiger partial charge in [0.05, 0.1) is 11.6 Å². The zero-order chi connectivity index (χ0) is 16.8. The van der Waals surface area contributed by atoms with Gasteiger partial charge in [-0.15, -0.1) is 10.2 Å². The third-order valence-corrected chi connectivity index (χ3v) is 5.32. The van der Waals surface area contributed by atoms with Crippen LogP contribution in [0.2, 0.25) is 0 Å². The van der Waals surface area contributed by atoms with Crippen LogP contribution in [0.3, 0.4) is 0 Å². The standard InChI is InChI=1S/C17H15N5S2/c18-10-13-6-8-15(9-7-13)12-24-17-21-20-16(22(17)19)23-11-14-4-2-1-3-5-14/h1-9H,11-12,19H2. The van der Waals surface area contributed by atoms with Crippen LogP contribution in [-0.2, 0) is 11.5 Å². The predicted octanol–water partition coefficient (Wildman–Crippen LogP) is 3.45. The van der Waals surface area contributed by atoms with Gasteiger partial charge in [-0.1, -0.05) is 66.0 Å². The minimum absolute atomic E-state index is 0.658. The van der Waals surface area contributed by atoms with Crippen LogP contribution >= 0.6 is 23.5 Å². The molecular weight excluding hydrogens is 338 g/mol. The molecule has 0 spiro atoms. The average Bonchev–Trinajstić information content (AvgIpc) is 2.99. The Kier molecular flexibility index (Phi) is 5.41. The first kappa shape index (κ1) is 16.4. The van der Waals surface area contributed by atoms with Crippen molar-refractivity contribution in [2.45, 2.75) is 21.8 Å². The molecule has 1 heterocycles. The SMILES string of the molecule is N#Cc1ccc(CSc2nnc(SCc3ccccc3)n2N)cc1. The number of nitrogens with two attached hydrogens (primary N) is 1. The molecule has 1 aromatic heterocycles. The molecule has 3 aromatic rings. The number of hydrogen-bond donors (Lipinski definition) is 1. The van der Waals surface area contributed by atoms with Crippen LogP contribution in [-0.4, -0.2) is 14.9 Å². The second-order valence-corrected chi connectivity index (χ2v) is 6.89. The molecule has 7 heteroatoms. The van der Waals surface area contributed by atoms with Crippen molar-refractivity contribution in [1.82, 2.24) is 14.9 Å². The second kappa shape index (κ2) is 7.90. The highest BCUT2D eigenvalue weighted by molar-refractivity contribution is 7.99. The van der Waals surface area contributed by atoms with Crippen molar-refractivity contribution < 1.29 is 0 Å². The van der Waals surface area contributed by atoms with Gasteiger partial charge >= 0.3 is 0 Å². The Balaban J connectivity index is 1.59. The molecule has 0 bridgehead atoms. The first-order valence-electron chi connectivity index (χ1n) is 7.25. The highest BCUT2D eigenvalue weighted by Gasteiger charge is 2.11. The molecule has 0 amide bonds. The number of thioether (sulfide) groups is 2. The van der Waals surface area contributed by atoms with E-state index in [1.54, 1.807) is 11.8 Å². The molecule has 24 heavy (non-hydrogen) atoms. The number of nitriles is 1. The maximum absolute atomic E-state index is 8.81. The fraction of sp³-hybridized carbons (Fsp3) is 0.118. The number of nitrogens with zero attached hydrogens (tertiary/aromatic N) is 4. The summed E-state index contributed by atoms with van der Waals surface area (Å²) in [6, 6.07) is 19.8. The zero-order valence-corrected chi connectivity index (χ0v) is 14.4. The molecule has 0 radical (unpaired) electrons. The smallest absolute Gasteiger partial charge is 0.210 e. The van der Waals surface area contributed by atoms with Gasteiger partial charge in [0.2, 0.25) is 10.3 Å². The summed E-state index contributed by atoms with van der Waals surface area (Å²) in [5, 5.41) is 18.5. The van der Waals surface area contributed by atoms with Crippen LogP contribution in [0.15, 0.2) is 64.9 Å².